The lowest BCUT2D eigenvalue weighted by atomic mass is 9.88. The Morgan fingerprint density at radius 3 is 2.57 bits per heavy atom. The van der Waals surface area contributed by atoms with Crippen LogP contribution in [0.15, 0.2) is 11.6 Å². The van der Waals surface area contributed by atoms with Crippen LogP contribution in [0.5, 0.6) is 0 Å². The minimum Gasteiger partial charge on any atom is -0.453 e. The van der Waals surface area contributed by atoms with E-state index in [1.807, 2.05) is 4.90 Å². The molecule has 7 nitrogen and oxygen atoms in total. The standard InChI is InChI=1S/C21H35N3O4/c1-17(2)7-11-22-14-15-28-21(16-22)8-12-23(13-9-21)19(25)18-6-4-5-10-24(18)20(26)27-3/h7,18H,4-6,8-16H2,1-3H3. The van der Waals surface area contributed by atoms with Crippen LogP contribution in [-0.2, 0) is 14.3 Å². The predicted molar refractivity (Wildman–Crippen MR) is 107 cm³/mol. The summed E-state index contributed by atoms with van der Waals surface area (Å²) >= 11 is 0. The van der Waals surface area contributed by atoms with Crippen molar-refractivity contribution in [2.75, 3.05) is 53.0 Å². The molecule has 1 unspecified atom stereocenters. The number of hydrogen-bond donors (Lipinski definition) is 0. The molecule has 28 heavy (non-hydrogen) atoms. The second-order valence-corrected chi connectivity index (χ2v) is 8.55. The van der Waals surface area contributed by atoms with Crippen molar-refractivity contribution in [3.05, 3.63) is 11.6 Å². The van der Waals surface area contributed by atoms with Gasteiger partial charge in [-0.05, 0) is 46.0 Å². The number of piperidine rings is 2. The lowest BCUT2D eigenvalue weighted by Crippen LogP contribution is -2.60. The Bertz CT molecular complexity index is 594. The summed E-state index contributed by atoms with van der Waals surface area (Å²) in [5.74, 6) is 0.0668. The molecule has 3 saturated heterocycles. The number of methoxy groups -OCH3 is 1. The largest absolute Gasteiger partial charge is 0.453 e. The Morgan fingerprint density at radius 1 is 1.14 bits per heavy atom. The maximum absolute atomic E-state index is 13.1. The van der Waals surface area contributed by atoms with E-state index in [1.165, 1.54) is 12.7 Å². The van der Waals surface area contributed by atoms with E-state index >= 15 is 0 Å². The zero-order valence-corrected chi connectivity index (χ0v) is 17.6. The van der Waals surface area contributed by atoms with Gasteiger partial charge in [0.2, 0.25) is 5.91 Å². The molecule has 3 heterocycles. The number of ether oxygens (including phenoxy) is 2. The van der Waals surface area contributed by atoms with E-state index in [9.17, 15) is 9.59 Å². The lowest BCUT2D eigenvalue weighted by molar-refractivity contribution is -0.153. The van der Waals surface area contributed by atoms with Gasteiger partial charge in [-0.2, -0.15) is 0 Å². The van der Waals surface area contributed by atoms with Gasteiger partial charge in [0.1, 0.15) is 6.04 Å². The average Bonchev–Trinajstić information content (AvgIpc) is 2.72. The second kappa shape index (κ2) is 9.27. The van der Waals surface area contributed by atoms with Gasteiger partial charge in [-0.3, -0.25) is 14.6 Å². The third kappa shape index (κ3) is 4.87. The van der Waals surface area contributed by atoms with Gasteiger partial charge < -0.3 is 14.4 Å². The molecule has 0 radical (unpaired) electrons. The maximum atomic E-state index is 13.1. The van der Waals surface area contributed by atoms with Crippen LogP contribution in [0.4, 0.5) is 4.79 Å². The second-order valence-electron chi connectivity index (χ2n) is 8.55. The van der Waals surface area contributed by atoms with E-state index < -0.39 is 6.09 Å². The van der Waals surface area contributed by atoms with Crippen LogP contribution in [0.25, 0.3) is 0 Å². The number of carbonyl (C=O) groups is 2. The van der Waals surface area contributed by atoms with Crippen LogP contribution in [0, 0.1) is 0 Å². The van der Waals surface area contributed by atoms with Crippen molar-refractivity contribution in [1.29, 1.82) is 0 Å². The fourth-order valence-corrected chi connectivity index (χ4v) is 4.56. The molecule has 0 aromatic carbocycles. The molecule has 1 spiro atoms. The summed E-state index contributed by atoms with van der Waals surface area (Å²) in [7, 11) is 1.38. The minimum atomic E-state index is -0.392. The molecule has 3 aliphatic rings. The van der Waals surface area contributed by atoms with Crippen molar-refractivity contribution in [2.24, 2.45) is 0 Å². The van der Waals surface area contributed by atoms with E-state index in [1.54, 1.807) is 4.90 Å². The van der Waals surface area contributed by atoms with Crippen LogP contribution in [0.2, 0.25) is 0 Å². The van der Waals surface area contributed by atoms with Crippen LogP contribution in [0.1, 0.15) is 46.0 Å². The molecule has 0 aromatic heterocycles. The van der Waals surface area contributed by atoms with Crippen LogP contribution >= 0.6 is 0 Å². The molecule has 0 N–H and O–H groups in total. The molecule has 3 fully saturated rings. The molecule has 0 bridgehead atoms. The zero-order chi connectivity index (χ0) is 20.1. The van der Waals surface area contributed by atoms with Crippen LogP contribution in [-0.4, -0.2) is 91.3 Å². The highest BCUT2D eigenvalue weighted by molar-refractivity contribution is 5.86. The summed E-state index contributed by atoms with van der Waals surface area (Å²) in [6, 6.07) is -0.378. The fourth-order valence-electron chi connectivity index (χ4n) is 4.56. The van der Waals surface area contributed by atoms with Gasteiger partial charge in [0, 0.05) is 39.3 Å². The van der Waals surface area contributed by atoms with Gasteiger partial charge in [0.25, 0.3) is 0 Å². The summed E-state index contributed by atoms with van der Waals surface area (Å²) in [5.41, 5.74) is 1.20. The molecule has 0 aliphatic carbocycles. The molecule has 158 valence electrons. The van der Waals surface area contributed by atoms with Crippen LogP contribution < -0.4 is 0 Å². The molecular weight excluding hydrogens is 358 g/mol. The van der Waals surface area contributed by atoms with E-state index in [4.69, 9.17) is 9.47 Å². The Hall–Kier alpha value is -1.60. The molecule has 7 heteroatoms. The highest BCUT2D eigenvalue weighted by atomic mass is 16.5. The number of allylic oxidation sites excluding steroid dienone is 1. The molecule has 2 amide bonds. The SMILES string of the molecule is COC(=O)N1CCCCC1C(=O)N1CCC2(CC1)CN(CC=C(C)C)CCO2. The monoisotopic (exact) mass is 393 g/mol. The highest BCUT2D eigenvalue weighted by Crippen LogP contribution is 2.31. The van der Waals surface area contributed by atoms with Crippen molar-refractivity contribution in [3.8, 4) is 0 Å². The third-order valence-electron chi connectivity index (χ3n) is 6.27. The number of carbonyl (C=O) groups excluding carboxylic acids is 2. The van der Waals surface area contributed by atoms with Gasteiger partial charge in [-0.1, -0.05) is 11.6 Å². The Morgan fingerprint density at radius 2 is 1.89 bits per heavy atom. The minimum absolute atomic E-state index is 0.0668. The highest BCUT2D eigenvalue weighted by Gasteiger charge is 2.42. The number of rotatable bonds is 3. The summed E-state index contributed by atoms with van der Waals surface area (Å²) in [6.07, 6.45) is 6.22. The number of hydrogen-bond acceptors (Lipinski definition) is 5. The van der Waals surface area contributed by atoms with E-state index in [-0.39, 0.29) is 17.6 Å². The maximum Gasteiger partial charge on any atom is 0.410 e. The van der Waals surface area contributed by atoms with Crippen LogP contribution in [0.3, 0.4) is 0 Å². The third-order valence-corrected chi connectivity index (χ3v) is 6.27. The van der Waals surface area contributed by atoms with Gasteiger partial charge in [0.15, 0.2) is 0 Å². The number of morpholine rings is 1. The fraction of sp³-hybridized carbons (Fsp3) is 0.810. The average molecular weight is 394 g/mol. The summed E-state index contributed by atoms with van der Waals surface area (Å²) < 4.78 is 11.1. The van der Waals surface area contributed by atoms with E-state index in [0.717, 1.165) is 58.3 Å². The zero-order valence-electron chi connectivity index (χ0n) is 17.6. The van der Waals surface area contributed by atoms with Gasteiger partial charge in [-0.25, -0.2) is 4.79 Å². The Labute approximate surface area is 168 Å². The Kier molecular flexibility index (Phi) is 6.99. The van der Waals surface area contributed by atoms with Crippen molar-refractivity contribution in [3.63, 3.8) is 0 Å². The van der Waals surface area contributed by atoms with Gasteiger partial charge in [-0.15, -0.1) is 0 Å². The summed E-state index contributed by atoms with van der Waals surface area (Å²) in [4.78, 5) is 31.2. The van der Waals surface area contributed by atoms with E-state index in [0.29, 0.717) is 19.6 Å². The van der Waals surface area contributed by atoms with Gasteiger partial charge in [0.05, 0.1) is 19.3 Å². The molecule has 3 rings (SSSR count). The quantitative estimate of drug-likeness (QED) is 0.689. The predicted octanol–water partition coefficient (Wildman–Crippen LogP) is 2.27. The summed E-state index contributed by atoms with van der Waals surface area (Å²) in [6.45, 7) is 9.85. The topological polar surface area (TPSA) is 62.3 Å². The number of amides is 2. The molecular formula is C21H35N3O4. The first-order valence-corrected chi connectivity index (χ1v) is 10.6. The Balaban J connectivity index is 1.57. The molecule has 0 aromatic rings. The summed E-state index contributed by atoms with van der Waals surface area (Å²) in [5, 5.41) is 0. The lowest BCUT2D eigenvalue weighted by Gasteiger charge is -2.48. The first-order chi connectivity index (χ1) is 13.4. The van der Waals surface area contributed by atoms with Crippen molar-refractivity contribution < 1.29 is 19.1 Å². The van der Waals surface area contributed by atoms with Crippen molar-refractivity contribution in [1.82, 2.24) is 14.7 Å². The normalized spacial score (nSPS) is 25.5. The molecule has 3 aliphatic heterocycles. The molecule has 1 atom stereocenters. The number of nitrogens with zero attached hydrogens (tertiary/aromatic N) is 3. The first kappa shape index (κ1) is 21.1. The first-order valence-electron chi connectivity index (χ1n) is 10.6. The molecule has 0 saturated carbocycles. The van der Waals surface area contributed by atoms with Crippen molar-refractivity contribution in [2.45, 2.75) is 57.6 Å². The van der Waals surface area contributed by atoms with Gasteiger partial charge >= 0.3 is 6.09 Å². The van der Waals surface area contributed by atoms with E-state index in [2.05, 4.69) is 24.8 Å². The smallest absolute Gasteiger partial charge is 0.410 e. The number of likely N-dealkylation sites (tertiary alicyclic amines) is 2. The van der Waals surface area contributed by atoms with Crippen molar-refractivity contribution >= 4 is 12.0 Å².